The second kappa shape index (κ2) is 6.03. The summed E-state index contributed by atoms with van der Waals surface area (Å²) in [6.07, 6.45) is 8.02. The van der Waals surface area contributed by atoms with E-state index in [0.717, 1.165) is 38.5 Å². The molecule has 4 heteroatoms. The number of hydrogen-bond acceptors (Lipinski definition) is 4. The molecule has 1 unspecified atom stereocenters. The lowest BCUT2D eigenvalue weighted by Crippen LogP contribution is -2.57. The zero-order valence-electron chi connectivity index (χ0n) is 16.1. The molecule has 0 aromatic carbocycles. The van der Waals surface area contributed by atoms with E-state index < -0.39 is 0 Å². The summed E-state index contributed by atoms with van der Waals surface area (Å²) in [6, 6.07) is 0. The Kier molecular flexibility index (Phi) is 4.16. The van der Waals surface area contributed by atoms with Crippen molar-refractivity contribution in [3.05, 3.63) is 11.6 Å². The Morgan fingerprint density at radius 3 is 2.69 bits per heavy atom. The Morgan fingerprint density at radius 1 is 1.23 bits per heavy atom. The van der Waals surface area contributed by atoms with Crippen LogP contribution in [0, 0.1) is 34.5 Å². The van der Waals surface area contributed by atoms with Crippen molar-refractivity contribution in [2.45, 2.75) is 71.8 Å². The highest BCUT2D eigenvalue weighted by Gasteiger charge is 2.63. The molecular formula is C22H30O4. The third kappa shape index (κ3) is 2.36. The molecule has 4 rings (SSSR count). The minimum Gasteiger partial charge on any atom is -0.464 e. The summed E-state index contributed by atoms with van der Waals surface area (Å²) in [5.41, 5.74) is 1.14. The maximum absolute atomic E-state index is 12.3. The van der Waals surface area contributed by atoms with Gasteiger partial charge in [-0.25, -0.2) is 0 Å². The third-order valence-corrected chi connectivity index (χ3v) is 8.59. The molecule has 142 valence electrons. The molecule has 26 heavy (non-hydrogen) atoms. The summed E-state index contributed by atoms with van der Waals surface area (Å²) in [7, 11) is 0. The standard InChI is InChI=1S/C22H30O4/c1-13(24)17-6-7-18-16-5-4-14-10-15(25)8-9-21(14,2)20(16)19(26-12-23)11-22(17,18)3/h10,12,16-20H,4-9,11H2,1-3H3/t16-,17+,18-,19?,20+,21-,22+/m0/s1. The first-order valence-electron chi connectivity index (χ1n) is 10.1. The molecule has 4 aliphatic carbocycles. The Hall–Kier alpha value is -1.45. The van der Waals surface area contributed by atoms with Crippen molar-refractivity contribution in [2.75, 3.05) is 0 Å². The number of carbonyl (C=O) groups is 3. The van der Waals surface area contributed by atoms with Crippen LogP contribution in [-0.2, 0) is 19.1 Å². The number of fused-ring (bicyclic) bond motifs is 5. The molecule has 0 radical (unpaired) electrons. The molecule has 0 heterocycles. The first-order valence-corrected chi connectivity index (χ1v) is 10.1. The van der Waals surface area contributed by atoms with Gasteiger partial charge in [0, 0.05) is 18.3 Å². The molecule has 0 aromatic rings. The maximum atomic E-state index is 12.3. The average molecular weight is 358 g/mol. The van der Waals surface area contributed by atoms with Crippen molar-refractivity contribution in [3.8, 4) is 0 Å². The number of ether oxygens (including phenoxy) is 1. The van der Waals surface area contributed by atoms with Crippen LogP contribution in [0.5, 0.6) is 0 Å². The van der Waals surface area contributed by atoms with Crippen LogP contribution in [0.25, 0.3) is 0 Å². The summed E-state index contributed by atoms with van der Waals surface area (Å²) in [4.78, 5) is 35.6. The number of hydrogen-bond donors (Lipinski definition) is 0. The molecule has 0 N–H and O–H groups in total. The van der Waals surface area contributed by atoms with Crippen molar-refractivity contribution in [2.24, 2.45) is 34.5 Å². The van der Waals surface area contributed by atoms with Gasteiger partial charge in [-0.2, -0.15) is 0 Å². The molecule has 0 aromatic heterocycles. The quantitative estimate of drug-likeness (QED) is 0.719. The van der Waals surface area contributed by atoms with Crippen molar-refractivity contribution < 1.29 is 19.1 Å². The molecule has 4 nitrogen and oxygen atoms in total. The lowest BCUT2D eigenvalue weighted by atomic mass is 9.46. The van der Waals surface area contributed by atoms with Crippen LogP contribution in [0.4, 0.5) is 0 Å². The lowest BCUT2D eigenvalue weighted by molar-refractivity contribution is -0.166. The Labute approximate surface area is 155 Å². The van der Waals surface area contributed by atoms with Gasteiger partial charge in [0.05, 0.1) is 0 Å². The summed E-state index contributed by atoms with van der Waals surface area (Å²) in [5.74, 6) is 1.86. The first-order chi connectivity index (χ1) is 12.3. The topological polar surface area (TPSA) is 60.4 Å². The minimum atomic E-state index is -0.152. The SMILES string of the molecule is CC(=O)[C@H]1CC[C@H]2[C@@H]3CCC4=CC(=O)CC[C@]4(C)[C@H]3C(OC=O)C[C@]12C. The summed E-state index contributed by atoms with van der Waals surface area (Å²) in [5, 5.41) is 0. The predicted molar refractivity (Wildman–Crippen MR) is 97.2 cm³/mol. The fourth-order valence-electron chi connectivity index (χ4n) is 7.52. The monoisotopic (exact) mass is 358 g/mol. The van der Waals surface area contributed by atoms with E-state index >= 15 is 0 Å². The molecular weight excluding hydrogens is 328 g/mol. The number of carbonyl (C=O) groups excluding carboxylic acids is 3. The van der Waals surface area contributed by atoms with E-state index in [9.17, 15) is 14.4 Å². The Bertz CT molecular complexity index is 680. The number of ketones is 2. The van der Waals surface area contributed by atoms with Crippen LogP contribution in [0.15, 0.2) is 11.6 Å². The van der Waals surface area contributed by atoms with Gasteiger partial charge in [-0.15, -0.1) is 0 Å². The van der Waals surface area contributed by atoms with Gasteiger partial charge in [-0.3, -0.25) is 14.4 Å². The van der Waals surface area contributed by atoms with Gasteiger partial charge in [0.2, 0.25) is 0 Å². The second-order valence-electron chi connectivity index (χ2n) is 9.61. The van der Waals surface area contributed by atoms with Crippen LogP contribution in [0.1, 0.15) is 65.7 Å². The zero-order chi connectivity index (χ0) is 18.7. The molecule has 0 saturated heterocycles. The van der Waals surface area contributed by atoms with Crippen molar-refractivity contribution in [1.82, 2.24) is 0 Å². The van der Waals surface area contributed by atoms with E-state index in [1.54, 1.807) is 6.92 Å². The van der Waals surface area contributed by atoms with Gasteiger partial charge in [0.1, 0.15) is 11.9 Å². The van der Waals surface area contributed by atoms with E-state index in [4.69, 9.17) is 4.74 Å². The van der Waals surface area contributed by atoms with Gasteiger partial charge >= 0.3 is 0 Å². The number of allylic oxidation sites excluding steroid dienone is 1. The van der Waals surface area contributed by atoms with E-state index in [-0.39, 0.29) is 40.3 Å². The third-order valence-electron chi connectivity index (χ3n) is 8.59. The van der Waals surface area contributed by atoms with Crippen LogP contribution in [-0.4, -0.2) is 24.1 Å². The van der Waals surface area contributed by atoms with Crippen molar-refractivity contribution in [1.29, 1.82) is 0 Å². The molecule has 3 fully saturated rings. The fraction of sp³-hybridized carbons (Fsp3) is 0.773. The molecule has 0 bridgehead atoms. The molecule has 0 amide bonds. The van der Waals surface area contributed by atoms with Crippen LogP contribution < -0.4 is 0 Å². The summed E-state index contributed by atoms with van der Waals surface area (Å²) < 4.78 is 5.69. The highest BCUT2D eigenvalue weighted by Crippen LogP contribution is 2.67. The fourth-order valence-corrected chi connectivity index (χ4v) is 7.52. The van der Waals surface area contributed by atoms with Gasteiger partial charge in [-0.05, 0) is 74.2 Å². The smallest absolute Gasteiger partial charge is 0.293 e. The molecule has 3 saturated carbocycles. The molecule has 4 aliphatic rings. The van der Waals surface area contributed by atoms with Crippen molar-refractivity contribution in [3.63, 3.8) is 0 Å². The maximum Gasteiger partial charge on any atom is 0.293 e. The summed E-state index contributed by atoms with van der Waals surface area (Å²) in [6.45, 7) is 6.85. The highest BCUT2D eigenvalue weighted by atomic mass is 16.5. The van der Waals surface area contributed by atoms with Crippen LogP contribution in [0.2, 0.25) is 0 Å². The first kappa shape index (κ1) is 17.9. The van der Waals surface area contributed by atoms with E-state index in [1.807, 2.05) is 6.08 Å². The van der Waals surface area contributed by atoms with E-state index in [1.165, 1.54) is 5.57 Å². The number of Topliss-reactive ketones (excluding diaryl/α,β-unsaturated/α-hetero) is 1. The normalized spacial score (nSPS) is 47.3. The molecule has 0 aliphatic heterocycles. The van der Waals surface area contributed by atoms with Gasteiger partial charge < -0.3 is 4.74 Å². The zero-order valence-corrected chi connectivity index (χ0v) is 16.1. The minimum absolute atomic E-state index is 0.0554. The second-order valence-corrected chi connectivity index (χ2v) is 9.61. The highest BCUT2D eigenvalue weighted by molar-refractivity contribution is 5.91. The van der Waals surface area contributed by atoms with Gasteiger partial charge in [-0.1, -0.05) is 19.4 Å². The van der Waals surface area contributed by atoms with Gasteiger partial charge in [0.15, 0.2) is 5.78 Å². The van der Waals surface area contributed by atoms with Gasteiger partial charge in [0.25, 0.3) is 6.47 Å². The van der Waals surface area contributed by atoms with Crippen LogP contribution in [0.3, 0.4) is 0 Å². The predicted octanol–water partition coefficient (Wildman–Crippen LogP) is 3.88. The lowest BCUT2D eigenvalue weighted by Gasteiger charge is -2.60. The Balaban J connectivity index is 1.76. The molecule has 0 spiro atoms. The summed E-state index contributed by atoms with van der Waals surface area (Å²) >= 11 is 0. The van der Waals surface area contributed by atoms with E-state index in [2.05, 4.69) is 13.8 Å². The largest absolute Gasteiger partial charge is 0.464 e. The molecule has 7 atom stereocenters. The van der Waals surface area contributed by atoms with Crippen LogP contribution >= 0.6 is 0 Å². The van der Waals surface area contributed by atoms with Crippen molar-refractivity contribution >= 4 is 18.0 Å². The Morgan fingerprint density at radius 2 is 2.00 bits per heavy atom. The average Bonchev–Trinajstić information content (AvgIpc) is 2.92. The number of rotatable bonds is 3. The van der Waals surface area contributed by atoms with E-state index in [0.29, 0.717) is 24.7 Å².